The first-order valence-electron chi connectivity index (χ1n) is 11.3. The average molecular weight is 419 g/mol. The minimum Gasteiger partial charge on any atom is -0.338 e. The number of benzene rings is 2. The van der Waals surface area contributed by atoms with Crippen molar-refractivity contribution in [1.82, 2.24) is 9.97 Å². The summed E-state index contributed by atoms with van der Waals surface area (Å²) in [5.74, 6) is 2.10. The van der Waals surface area contributed by atoms with Crippen molar-refractivity contribution in [2.75, 3.05) is 5.88 Å². The minimum absolute atomic E-state index is 0.463. The summed E-state index contributed by atoms with van der Waals surface area (Å²) < 4.78 is 0. The molecule has 0 unspecified atom stereocenters. The van der Waals surface area contributed by atoms with Crippen molar-refractivity contribution >= 4 is 23.8 Å². The quantitative estimate of drug-likeness (QED) is 0.377. The summed E-state index contributed by atoms with van der Waals surface area (Å²) in [5, 5.41) is 1.98. The van der Waals surface area contributed by atoms with Crippen molar-refractivity contribution < 1.29 is 0 Å². The van der Waals surface area contributed by atoms with Gasteiger partial charge in [-0.25, -0.2) is 4.98 Å². The highest BCUT2D eigenvalue weighted by molar-refractivity contribution is 6.20. The number of aromatic amines is 1. The molecule has 30 heavy (non-hydrogen) atoms. The van der Waals surface area contributed by atoms with Crippen LogP contribution < -0.4 is 10.7 Å². The Hall–Kier alpha value is -2.32. The fraction of sp³-hybridized carbons (Fsp3) is 0.370. The second-order valence-electron chi connectivity index (χ2n) is 8.24. The Labute approximate surface area is 184 Å². The molecule has 3 heteroatoms. The molecule has 2 aromatic carbocycles. The molecule has 0 amide bonds. The second kappa shape index (κ2) is 10.1. The summed E-state index contributed by atoms with van der Waals surface area (Å²) >= 11 is 5.90. The Bertz CT molecular complexity index is 1020. The molecule has 156 valence electrons. The van der Waals surface area contributed by atoms with Crippen LogP contribution in [0.5, 0.6) is 0 Å². The van der Waals surface area contributed by atoms with Gasteiger partial charge in [0.05, 0.1) is 10.7 Å². The standard InChI is InChI=1S/C27H31ClN2/c1-2-7-25-26(18-19-28)30-27(29-25)24-16-14-23(15-17-24)22-12-10-21(11-13-22)20-8-5-3-4-6-9-20/h7,10-18,20H,2-6,8-9,19H2,1H3,(H,29,30)/b25-7+,26-18+. The van der Waals surface area contributed by atoms with Gasteiger partial charge in [-0.15, -0.1) is 11.6 Å². The maximum Gasteiger partial charge on any atom is 0.138 e. The predicted molar refractivity (Wildman–Crippen MR) is 129 cm³/mol. The fourth-order valence-electron chi connectivity index (χ4n) is 4.51. The van der Waals surface area contributed by atoms with E-state index in [4.69, 9.17) is 16.6 Å². The third-order valence-electron chi connectivity index (χ3n) is 6.17. The van der Waals surface area contributed by atoms with Gasteiger partial charge in [-0.2, -0.15) is 0 Å². The fourth-order valence-corrected chi connectivity index (χ4v) is 4.65. The van der Waals surface area contributed by atoms with Gasteiger partial charge in [0.25, 0.3) is 0 Å². The van der Waals surface area contributed by atoms with E-state index in [1.165, 1.54) is 55.2 Å². The van der Waals surface area contributed by atoms with E-state index >= 15 is 0 Å². The Balaban J connectivity index is 1.54. The number of hydrogen-bond donors (Lipinski definition) is 1. The van der Waals surface area contributed by atoms with Crippen LogP contribution in [0, 0.1) is 0 Å². The number of H-pyrrole nitrogens is 1. The molecule has 4 rings (SSSR count). The summed E-state index contributed by atoms with van der Waals surface area (Å²) in [6, 6.07) is 17.9. The highest BCUT2D eigenvalue weighted by Crippen LogP contribution is 2.33. The van der Waals surface area contributed by atoms with Crippen molar-refractivity contribution in [3.63, 3.8) is 0 Å². The van der Waals surface area contributed by atoms with Crippen LogP contribution in [0.2, 0.25) is 0 Å². The zero-order valence-electron chi connectivity index (χ0n) is 17.8. The highest BCUT2D eigenvalue weighted by atomic mass is 35.5. The largest absolute Gasteiger partial charge is 0.338 e. The molecule has 1 heterocycles. The van der Waals surface area contributed by atoms with Crippen molar-refractivity contribution in [1.29, 1.82) is 0 Å². The summed E-state index contributed by atoms with van der Waals surface area (Å²) in [6.45, 7) is 2.13. The van der Waals surface area contributed by atoms with E-state index in [1.54, 1.807) is 0 Å². The molecular formula is C27H31ClN2. The molecule has 0 radical (unpaired) electrons. The third kappa shape index (κ3) is 4.87. The highest BCUT2D eigenvalue weighted by Gasteiger charge is 2.14. The predicted octanol–water partition coefficient (Wildman–Crippen LogP) is 6.39. The normalized spacial score (nSPS) is 16.7. The molecule has 0 spiro atoms. The van der Waals surface area contributed by atoms with Gasteiger partial charge in [0, 0.05) is 11.4 Å². The number of halogens is 1. The van der Waals surface area contributed by atoms with Gasteiger partial charge in [0.1, 0.15) is 5.82 Å². The maximum absolute atomic E-state index is 5.90. The van der Waals surface area contributed by atoms with Crippen LogP contribution in [0.4, 0.5) is 0 Å². The number of hydrogen-bond acceptors (Lipinski definition) is 1. The molecule has 1 aromatic heterocycles. The third-order valence-corrected chi connectivity index (χ3v) is 6.32. The lowest BCUT2D eigenvalue weighted by Crippen LogP contribution is -2.24. The van der Waals surface area contributed by atoms with Gasteiger partial charge < -0.3 is 4.98 Å². The molecule has 0 aliphatic heterocycles. The zero-order valence-corrected chi connectivity index (χ0v) is 18.6. The molecule has 1 aliphatic carbocycles. The van der Waals surface area contributed by atoms with Crippen LogP contribution in [0.15, 0.2) is 48.5 Å². The van der Waals surface area contributed by atoms with Gasteiger partial charge in [0.15, 0.2) is 0 Å². The molecule has 1 N–H and O–H groups in total. The van der Waals surface area contributed by atoms with E-state index in [0.29, 0.717) is 5.88 Å². The van der Waals surface area contributed by atoms with Crippen molar-refractivity contribution in [3.05, 3.63) is 64.8 Å². The van der Waals surface area contributed by atoms with Gasteiger partial charge in [-0.05, 0) is 47.9 Å². The molecule has 3 aromatic rings. The van der Waals surface area contributed by atoms with Crippen LogP contribution in [0.25, 0.3) is 34.7 Å². The first-order valence-corrected chi connectivity index (χ1v) is 11.8. The van der Waals surface area contributed by atoms with Gasteiger partial charge in [-0.3, -0.25) is 0 Å². The van der Waals surface area contributed by atoms with Crippen LogP contribution >= 0.6 is 11.6 Å². The van der Waals surface area contributed by atoms with Crippen molar-refractivity contribution in [2.24, 2.45) is 0 Å². The molecule has 1 aliphatic rings. The number of nitrogens with zero attached hydrogens (tertiary/aromatic N) is 1. The van der Waals surface area contributed by atoms with E-state index in [1.807, 2.05) is 6.08 Å². The molecule has 0 atom stereocenters. The summed E-state index contributed by atoms with van der Waals surface area (Å²) in [5.41, 5.74) is 5.12. The van der Waals surface area contributed by atoms with E-state index in [-0.39, 0.29) is 0 Å². The molecule has 1 fully saturated rings. The second-order valence-corrected chi connectivity index (χ2v) is 8.55. The monoisotopic (exact) mass is 418 g/mol. The maximum atomic E-state index is 5.90. The lowest BCUT2D eigenvalue weighted by molar-refractivity contribution is 0.592. The first-order chi connectivity index (χ1) is 14.8. The summed E-state index contributed by atoms with van der Waals surface area (Å²) in [7, 11) is 0. The summed E-state index contributed by atoms with van der Waals surface area (Å²) in [4.78, 5) is 8.17. The van der Waals surface area contributed by atoms with Gasteiger partial charge in [0.2, 0.25) is 0 Å². The number of alkyl halides is 1. The number of aromatic nitrogens is 2. The van der Waals surface area contributed by atoms with E-state index in [2.05, 4.69) is 66.5 Å². The van der Waals surface area contributed by atoms with E-state index < -0.39 is 0 Å². The SMILES string of the molecule is CC/C=c1/[nH]c(-c2ccc(-c3ccc(C4CCCCCC4)cc3)cc2)n/c1=C/CCl. The zero-order chi connectivity index (χ0) is 20.8. The van der Waals surface area contributed by atoms with Crippen LogP contribution in [-0.2, 0) is 0 Å². The Morgan fingerprint density at radius 2 is 1.47 bits per heavy atom. The number of nitrogens with one attached hydrogen (secondary N) is 1. The van der Waals surface area contributed by atoms with Crippen LogP contribution in [-0.4, -0.2) is 15.8 Å². The van der Waals surface area contributed by atoms with Gasteiger partial charge >= 0.3 is 0 Å². The van der Waals surface area contributed by atoms with Crippen LogP contribution in [0.1, 0.15) is 63.4 Å². The van der Waals surface area contributed by atoms with Gasteiger partial charge in [-0.1, -0.05) is 87.2 Å². The van der Waals surface area contributed by atoms with E-state index in [0.717, 1.165) is 34.4 Å². The first kappa shape index (κ1) is 20.9. The Morgan fingerprint density at radius 1 is 0.867 bits per heavy atom. The number of rotatable bonds is 5. The molecular weight excluding hydrogens is 388 g/mol. The summed E-state index contributed by atoms with van der Waals surface area (Å²) in [6.07, 6.45) is 13.3. The average Bonchev–Trinajstić information content (AvgIpc) is 2.99. The van der Waals surface area contributed by atoms with Crippen molar-refractivity contribution in [2.45, 2.75) is 57.8 Å². The Morgan fingerprint density at radius 3 is 2.07 bits per heavy atom. The molecule has 2 nitrogen and oxygen atoms in total. The smallest absolute Gasteiger partial charge is 0.138 e. The molecule has 1 saturated carbocycles. The van der Waals surface area contributed by atoms with E-state index in [9.17, 15) is 0 Å². The van der Waals surface area contributed by atoms with Crippen molar-refractivity contribution in [3.8, 4) is 22.5 Å². The Kier molecular flexibility index (Phi) is 7.07. The van der Waals surface area contributed by atoms with Crippen LogP contribution in [0.3, 0.4) is 0 Å². The molecule has 0 saturated heterocycles. The topological polar surface area (TPSA) is 28.7 Å². The lowest BCUT2D eigenvalue weighted by atomic mass is 9.90. The minimum atomic E-state index is 0.463. The molecule has 0 bridgehead atoms. The lowest BCUT2D eigenvalue weighted by Gasteiger charge is -2.15. The number of imidazole rings is 1.